The van der Waals surface area contributed by atoms with Crippen molar-refractivity contribution in [2.24, 2.45) is 0 Å². The van der Waals surface area contributed by atoms with Crippen LogP contribution in [0.25, 0.3) is 11.1 Å². The van der Waals surface area contributed by atoms with Crippen LogP contribution < -0.4 is 4.74 Å². The van der Waals surface area contributed by atoms with Crippen LogP contribution in [0.4, 0.5) is 4.39 Å². The number of aromatic nitrogens is 1. The number of methoxy groups -OCH3 is 1. The quantitative estimate of drug-likeness (QED) is 0.590. The number of likely N-dealkylation sites (tertiary alicyclic amines) is 1. The Hall–Kier alpha value is -2.72. The summed E-state index contributed by atoms with van der Waals surface area (Å²) in [6.07, 6.45) is 7.52. The van der Waals surface area contributed by atoms with Crippen LogP contribution in [0, 0.1) is 5.82 Å². The fourth-order valence-electron chi connectivity index (χ4n) is 4.08. The summed E-state index contributed by atoms with van der Waals surface area (Å²) < 4.78 is 18.9. The van der Waals surface area contributed by atoms with Crippen molar-refractivity contribution >= 4 is 0 Å². The molecule has 0 spiro atoms. The zero-order chi connectivity index (χ0) is 19.3. The minimum atomic E-state index is -0.292. The van der Waals surface area contributed by atoms with E-state index in [1.807, 2.05) is 12.4 Å². The fraction of sp³-hybridized carbons (Fsp3) is 0.292. The highest BCUT2D eigenvalue weighted by molar-refractivity contribution is 5.70. The van der Waals surface area contributed by atoms with E-state index >= 15 is 0 Å². The van der Waals surface area contributed by atoms with Crippen LogP contribution in [0.1, 0.15) is 36.4 Å². The Bertz CT molecular complexity index is 906. The Kier molecular flexibility index (Phi) is 5.68. The predicted molar refractivity (Wildman–Crippen MR) is 110 cm³/mol. The molecule has 4 rings (SSSR count). The van der Waals surface area contributed by atoms with Crippen molar-refractivity contribution in [1.82, 2.24) is 9.88 Å². The lowest BCUT2D eigenvalue weighted by Gasteiger charge is -2.35. The van der Waals surface area contributed by atoms with Crippen molar-refractivity contribution in [2.75, 3.05) is 20.2 Å². The molecule has 0 bridgehead atoms. The number of piperidine rings is 1. The number of hydrogen-bond acceptors (Lipinski definition) is 3. The van der Waals surface area contributed by atoms with Crippen LogP contribution >= 0.6 is 0 Å². The maximum absolute atomic E-state index is 13.5. The molecule has 1 aliphatic rings. The lowest BCUT2D eigenvalue weighted by atomic mass is 9.93. The maximum atomic E-state index is 13.5. The number of benzene rings is 2. The molecule has 0 N–H and O–H groups in total. The van der Waals surface area contributed by atoms with Gasteiger partial charge in [-0.2, -0.15) is 0 Å². The van der Waals surface area contributed by atoms with Crippen LogP contribution in [0.2, 0.25) is 0 Å². The topological polar surface area (TPSA) is 25.4 Å². The zero-order valence-electron chi connectivity index (χ0n) is 16.1. The van der Waals surface area contributed by atoms with Gasteiger partial charge in [-0.25, -0.2) is 4.39 Å². The van der Waals surface area contributed by atoms with Crippen molar-refractivity contribution < 1.29 is 9.13 Å². The van der Waals surface area contributed by atoms with Gasteiger partial charge >= 0.3 is 0 Å². The third kappa shape index (κ3) is 3.92. The highest BCUT2D eigenvalue weighted by atomic mass is 19.1. The van der Waals surface area contributed by atoms with Crippen LogP contribution in [0.5, 0.6) is 5.75 Å². The highest BCUT2D eigenvalue weighted by Crippen LogP contribution is 2.34. The smallest absolute Gasteiger partial charge is 0.129 e. The van der Waals surface area contributed by atoms with Crippen LogP contribution in [0.3, 0.4) is 0 Å². The second-order valence-electron chi connectivity index (χ2n) is 7.25. The third-order valence-electron chi connectivity index (χ3n) is 5.48. The minimum absolute atomic E-state index is 0.229. The van der Waals surface area contributed by atoms with E-state index in [1.165, 1.54) is 42.5 Å². The molecule has 1 unspecified atom stereocenters. The molecule has 0 radical (unpaired) electrons. The lowest BCUT2D eigenvalue weighted by molar-refractivity contribution is 0.187. The van der Waals surface area contributed by atoms with Crippen LogP contribution in [-0.4, -0.2) is 30.1 Å². The monoisotopic (exact) mass is 376 g/mol. The summed E-state index contributed by atoms with van der Waals surface area (Å²) in [6, 6.07) is 17.7. The van der Waals surface area contributed by atoms with E-state index in [1.54, 1.807) is 13.2 Å². The average molecular weight is 376 g/mol. The molecule has 1 atom stereocenters. The molecule has 4 heteroatoms. The van der Waals surface area contributed by atoms with Crippen LogP contribution in [-0.2, 0) is 0 Å². The summed E-state index contributed by atoms with van der Waals surface area (Å²) in [7, 11) is 1.57. The first-order valence-corrected chi connectivity index (χ1v) is 9.84. The molecule has 0 aliphatic carbocycles. The number of pyridine rings is 1. The van der Waals surface area contributed by atoms with E-state index in [2.05, 4.69) is 46.3 Å². The molecule has 1 fully saturated rings. The summed E-state index contributed by atoms with van der Waals surface area (Å²) in [5.41, 5.74) is 4.45. The van der Waals surface area contributed by atoms with Crippen molar-refractivity contribution in [1.29, 1.82) is 0 Å². The van der Waals surface area contributed by atoms with Gasteiger partial charge in [-0.15, -0.1) is 0 Å². The van der Waals surface area contributed by atoms with Crippen molar-refractivity contribution in [2.45, 2.75) is 25.3 Å². The van der Waals surface area contributed by atoms with Gasteiger partial charge in [0.15, 0.2) is 0 Å². The van der Waals surface area contributed by atoms with Gasteiger partial charge in [-0.05, 0) is 66.9 Å². The van der Waals surface area contributed by atoms with Gasteiger partial charge in [-0.3, -0.25) is 9.88 Å². The predicted octanol–water partition coefficient (Wildman–Crippen LogP) is 5.47. The van der Waals surface area contributed by atoms with Gasteiger partial charge in [0.1, 0.15) is 11.6 Å². The summed E-state index contributed by atoms with van der Waals surface area (Å²) in [4.78, 5) is 6.75. The molecule has 0 amide bonds. The van der Waals surface area contributed by atoms with Gasteiger partial charge in [0, 0.05) is 24.0 Å². The normalized spacial score (nSPS) is 15.9. The first kappa shape index (κ1) is 18.6. The fourth-order valence-corrected chi connectivity index (χ4v) is 4.08. The molecule has 1 saturated heterocycles. The molecular weight excluding hydrogens is 351 g/mol. The largest absolute Gasteiger partial charge is 0.496 e. The number of ether oxygens (including phenoxy) is 1. The van der Waals surface area contributed by atoms with E-state index < -0.39 is 0 Å². The minimum Gasteiger partial charge on any atom is -0.496 e. The van der Waals surface area contributed by atoms with E-state index in [4.69, 9.17) is 4.74 Å². The van der Waals surface area contributed by atoms with Gasteiger partial charge in [0.25, 0.3) is 0 Å². The first-order valence-electron chi connectivity index (χ1n) is 9.84. The Morgan fingerprint density at radius 3 is 2.25 bits per heavy atom. The molecule has 1 aromatic heterocycles. The van der Waals surface area contributed by atoms with Gasteiger partial charge in [-0.1, -0.05) is 30.7 Å². The molecule has 3 nitrogen and oxygen atoms in total. The number of nitrogens with zero attached hydrogens (tertiary/aromatic N) is 2. The summed E-state index contributed by atoms with van der Waals surface area (Å²) >= 11 is 0. The molecule has 2 aromatic carbocycles. The van der Waals surface area contributed by atoms with Gasteiger partial charge in [0.2, 0.25) is 0 Å². The zero-order valence-corrected chi connectivity index (χ0v) is 16.1. The second-order valence-corrected chi connectivity index (χ2v) is 7.25. The second kappa shape index (κ2) is 8.53. The molecule has 3 aromatic rings. The highest BCUT2D eigenvalue weighted by Gasteiger charge is 2.24. The lowest BCUT2D eigenvalue weighted by Crippen LogP contribution is -2.34. The number of halogens is 1. The first-order chi connectivity index (χ1) is 13.8. The SMILES string of the molecule is COc1cc(F)ccc1-c1ccc(C(c2ccncc2)N2CCCCC2)cc1. The van der Waals surface area contributed by atoms with E-state index in [-0.39, 0.29) is 11.9 Å². The Morgan fingerprint density at radius 2 is 1.57 bits per heavy atom. The molecule has 0 saturated carbocycles. The van der Waals surface area contributed by atoms with Crippen molar-refractivity contribution in [3.05, 3.63) is 83.9 Å². The van der Waals surface area contributed by atoms with Crippen molar-refractivity contribution in [3.63, 3.8) is 0 Å². The van der Waals surface area contributed by atoms with E-state index in [0.717, 1.165) is 24.2 Å². The van der Waals surface area contributed by atoms with E-state index in [9.17, 15) is 4.39 Å². The molecule has 28 heavy (non-hydrogen) atoms. The summed E-state index contributed by atoms with van der Waals surface area (Å²) in [5, 5.41) is 0. The average Bonchev–Trinajstić information content (AvgIpc) is 2.76. The maximum Gasteiger partial charge on any atom is 0.129 e. The Labute approximate surface area is 165 Å². The molecular formula is C24H25FN2O. The van der Waals surface area contributed by atoms with Gasteiger partial charge < -0.3 is 4.74 Å². The Morgan fingerprint density at radius 1 is 0.893 bits per heavy atom. The molecule has 144 valence electrons. The Balaban J connectivity index is 1.68. The van der Waals surface area contributed by atoms with Crippen molar-refractivity contribution in [3.8, 4) is 16.9 Å². The number of hydrogen-bond donors (Lipinski definition) is 0. The summed E-state index contributed by atoms with van der Waals surface area (Å²) in [6.45, 7) is 2.22. The van der Waals surface area contributed by atoms with Crippen LogP contribution in [0.15, 0.2) is 67.0 Å². The standard InChI is InChI=1S/C24H25FN2O/c1-28-23-17-21(25)9-10-22(23)18-5-7-19(8-6-18)24(20-11-13-26-14-12-20)27-15-3-2-4-16-27/h5-14,17,24H,2-4,15-16H2,1H3. The number of rotatable bonds is 5. The van der Waals surface area contributed by atoms with E-state index in [0.29, 0.717) is 5.75 Å². The molecule has 1 aliphatic heterocycles. The van der Waals surface area contributed by atoms with Gasteiger partial charge in [0.05, 0.1) is 13.2 Å². The third-order valence-corrected chi connectivity index (χ3v) is 5.48. The molecule has 2 heterocycles. The summed E-state index contributed by atoms with van der Waals surface area (Å²) in [5.74, 6) is 0.259.